The van der Waals surface area contributed by atoms with Crippen LogP contribution in [-0.2, 0) is 5.75 Å². The molecule has 3 rings (SSSR count). The number of nitrogens with one attached hydrogen (secondary N) is 1. The standard InChI is InChI=1S/C18H16BrN3O3S2/c1-24-14-5-3-4-13(15(14)25-2)16(23)20-17-21-22-18(27-17)26-10-11-6-8-12(19)9-7-11/h3-9H,10H2,1-2H3,(H,20,21,23). The van der Waals surface area contributed by atoms with Crippen molar-refractivity contribution in [2.24, 2.45) is 0 Å². The average Bonchev–Trinajstić information content (AvgIpc) is 3.14. The van der Waals surface area contributed by atoms with E-state index in [-0.39, 0.29) is 5.91 Å². The van der Waals surface area contributed by atoms with E-state index < -0.39 is 0 Å². The van der Waals surface area contributed by atoms with Gasteiger partial charge in [0.15, 0.2) is 15.8 Å². The zero-order valence-electron chi connectivity index (χ0n) is 14.6. The molecule has 0 unspecified atom stereocenters. The first-order valence-electron chi connectivity index (χ1n) is 7.84. The molecular weight excluding hydrogens is 450 g/mol. The summed E-state index contributed by atoms with van der Waals surface area (Å²) in [5, 5.41) is 11.4. The van der Waals surface area contributed by atoms with Crippen molar-refractivity contribution in [3.8, 4) is 11.5 Å². The van der Waals surface area contributed by atoms with Gasteiger partial charge in [0.25, 0.3) is 5.91 Å². The van der Waals surface area contributed by atoms with Gasteiger partial charge in [-0.1, -0.05) is 57.2 Å². The highest BCUT2D eigenvalue weighted by Crippen LogP contribution is 2.32. The number of carbonyl (C=O) groups is 1. The normalized spacial score (nSPS) is 10.5. The van der Waals surface area contributed by atoms with Crippen molar-refractivity contribution >= 4 is 50.1 Å². The summed E-state index contributed by atoms with van der Waals surface area (Å²) in [5.74, 6) is 1.32. The Bertz CT molecular complexity index is 932. The summed E-state index contributed by atoms with van der Waals surface area (Å²) in [6, 6.07) is 13.2. The fraction of sp³-hybridized carbons (Fsp3) is 0.167. The molecule has 0 fully saturated rings. The van der Waals surface area contributed by atoms with E-state index in [1.165, 1.54) is 31.1 Å². The highest BCUT2D eigenvalue weighted by Gasteiger charge is 2.18. The summed E-state index contributed by atoms with van der Waals surface area (Å²) >= 11 is 6.32. The maximum absolute atomic E-state index is 12.6. The summed E-state index contributed by atoms with van der Waals surface area (Å²) in [4.78, 5) is 12.6. The Morgan fingerprint density at radius 3 is 2.63 bits per heavy atom. The van der Waals surface area contributed by atoms with Crippen molar-refractivity contribution in [2.45, 2.75) is 10.1 Å². The second-order valence-electron chi connectivity index (χ2n) is 5.28. The summed E-state index contributed by atoms with van der Waals surface area (Å²) in [5.41, 5.74) is 1.56. The van der Waals surface area contributed by atoms with Crippen molar-refractivity contribution in [2.75, 3.05) is 19.5 Å². The van der Waals surface area contributed by atoms with Gasteiger partial charge in [0.2, 0.25) is 5.13 Å². The fourth-order valence-corrected chi connectivity index (χ4v) is 4.24. The Kier molecular flexibility index (Phi) is 6.70. The molecule has 0 atom stereocenters. The van der Waals surface area contributed by atoms with E-state index in [2.05, 4.69) is 43.6 Å². The molecule has 1 N–H and O–H groups in total. The van der Waals surface area contributed by atoms with Crippen LogP contribution in [0, 0.1) is 0 Å². The highest BCUT2D eigenvalue weighted by atomic mass is 79.9. The predicted molar refractivity (Wildman–Crippen MR) is 111 cm³/mol. The molecule has 0 aliphatic carbocycles. The molecule has 0 saturated heterocycles. The van der Waals surface area contributed by atoms with Crippen molar-refractivity contribution in [1.29, 1.82) is 0 Å². The molecule has 1 aromatic heterocycles. The smallest absolute Gasteiger partial charge is 0.261 e. The van der Waals surface area contributed by atoms with E-state index in [1.54, 1.807) is 30.0 Å². The quantitative estimate of drug-likeness (QED) is 0.396. The van der Waals surface area contributed by atoms with E-state index >= 15 is 0 Å². The molecule has 27 heavy (non-hydrogen) atoms. The molecule has 1 amide bonds. The molecule has 0 spiro atoms. The Labute approximate surface area is 173 Å². The van der Waals surface area contributed by atoms with Gasteiger partial charge in [-0.15, -0.1) is 10.2 Å². The van der Waals surface area contributed by atoms with Gasteiger partial charge in [-0.05, 0) is 29.8 Å². The number of carbonyl (C=O) groups excluding carboxylic acids is 1. The zero-order chi connectivity index (χ0) is 19.2. The van der Waals surface area contributed by atoms with Gasteiger partial charge in [-0.3, -0.25) is 10.1 Å². The summed E-state index contributed by atoms with van der Waals surface area (Å²) < 4.78 is 12.4. The first kappa shape index (κ1) is 19.7. The number of halogens is 1. The SMILES string of the molecule is COc1cccc(C(=O)Nc2nnc(SCc3ccc(Br)cc3)s2)c1OC. The van der Waals surface area contributed by atoms with Crippen molar-refractivity contribution in [3.05, 3.63) is 58.1 Å². The number of hydrogen-bond donors (Lipinski definition) is 1. The Morgan fingerprint density at radius 1 is 1.15 bits per heavy atom. The number of hydrogen-bond acceptors (Lipinski definition) is 7. The lowest BCUT2D eigenvalue weighted by atomic mass is 10.1. The summed E-state index contributed by atoms with van der Waals surface area (Å²) in [7, 11) is 3.02. The average molecular weight is 466 g/mol. The molecule has 0 aliphatic heterocycles. The first-order chi connectivity index (χ1) is 13.1. The number of aromatic nitrogens is 2. The van der Waals surface area contributed by atoms with E-state index in [4.69, 9.17) is 9.47 Å². The second-order valence-corrected chi connectivity index (χ2v) is 8.40. The van der Waals surface area contributed by atoms with Crippen LogP contribution in [0.2, 0.25) is 0 Å². The number of amides is 1. The van der Waals surface area contributed by atoms with E-state index in [9.17, 15) is 4.79 Å². The molecule has 0 bridgehead atoms. The van der Waals surface area contributed by atoms with Crippen molar-refractivity contribution in [1.82, 2.24) is 10.2 Å². The first-order valence-corrected chi connectivity index (χ1v) is 10.4. The number of rotatable bonds is 7. The maximum Gasteiger partial charge on any atom is 0.261 e. The number of benzene rings is 2. The number of para-hydroxylation sites is 1. The minimum atomic E-state index is -0.327. The van der Waals surface area contributed by atoms with Gasteiger partial charge in [0.05, 0.1) is 19.8 Å². The predicted octanol–water partition coefficient (Wildman–Crippen LogP) is 4.86. The highest BCUT2D eigenvalue weighted by molar-refractivity contribution is 9.10. The summed E-state index contributed by atoms with van der Waals surface area (Å²) in [6.45, 7) is 0. The fourth-order valence-electron chi connectivity index (χ4n) is 2.27. The van der Waals surface area contributed by atoms with Crippen LogP contribution in [0.3, 0.4) is 0 Å². The molecular formula is C18H16BrN3O3S2. The lowest BCUT2D eigenvalue weighted by Gasteiger charge is -2.11. The van der Waals surface area contributed by atoms with Gasteiger partial charge in [-0.2, -0.15) is 0 Å². The van der Waals surface area contributed by atoms with Crippen LogP contribution in [0.25, 0.3) is 0 Å². The van der Waals surface area contributed by atoms with Crippen LogP contribution in [0.4, 0.5) is 5.13 Å². The minimum Gasteiger partial charge on any atom is -0.493 e. The third kappa shape index (κ3) is 5.00. The topological polar surface area (TPSA) is 73.3 Å². The molecule has 0 radical (unpaired) electrons. The minimum absolute atomic E-state index is 0.327. The lowest BCUT2D eigenvalue weighted by Crippen LogP contribution is -2.13. The van der Waals surface area contributed by atoms with Gasteiger partial charge in [0, 0.05) is 10.2 Å². The van der Waals surface area contributed by atoms with Gasteiger partial charge in [0.1, 0.15) is 0 Å². The van der Waals surface area contributed by atoms with Crippen LogP contribution in [0.15, 0.2) is 51.3 Å². The Morgan fingerprint density at radius 2 is 1.93 bits per heavy atom. The molecule has 1 heterocycles. The Hall–Kier alpha value is -2.10. The van der Waals surface area contributed by atoms with Crippen LogP contribution in [0.5, 0.6) is 11.5 Å². The van der Waals surface area contributed by atoms with E-state index in [0.717, 1.165) is 14.6 Å². The molecule has 0 aliphatic rings. The van der Waals surface area contributed by atoms with Gasteiger partial charge >= 0.3 is 0 Å². The van der Waals surface area contributed by atoms with Crippen molar-refractivity contribution in [3.63, 3.8) is 0 Å². The third-order valence-electron chi connectivity index (χ3n) is 3.55. The largest absolute Gasteiger partial charge is 0.493 e. The molecule has 3 aromatic rings. The number of anilines is 1. The molecule has 0 saturated carbocycles. The number of methoxy groups -OCH3 is 2. The van der Waals surface area contributed by atoms with E-state index in [1.807, 2.05) is 12.1 Å². The lowest BCUT2D eigenvalue weighted by molar-refractivity contribution is 0.102. The van der Waals surface area contributed by atoms with Crippen LogP contribution < -0.4 is 14.8 Å². The molecule has 9 heteroatoms. The molecule has 140 valence electrons. The second kappa shape index (κ2) is 9.20. The third-order valence-corrected chi connectivity index (χ3v) is 6.12. The molecule has 2 aromatic carbocycles. The Balaban J connectivity index is 1.65. The van der Waals surface area contributed by atoms with Gasteiger partial charge < -0.3 is 9.47 Å². The summed E-state index contributed by atoms with van der Waals surface area (Å²) in [6.07, 6.45) is 0. The van der Waals surface area contributed by atoms with Crippen LogP contribution >= 0.6 is 39.0 Å². The number of ether oxygens (including phenoxy) is 2. The van der Waals surface area contributed by atoms with Crippen LogP contribution in [0.1, 0.15) is 15.9 Å². The number of nitrogens with zero attached hydrogens (tertiary/aromatic N) is 2. The van der Waals surface area contributed by atoms with Gasteiger partial charge in [-0.25, -0.2) is 0 Å². The molecule has 6 nitrogen and oxygen atoms in total. The zero-order valence-corrected chi connectivity index (χ0v) is 17.8. The van der Waals surface area contributed by atoms with Crippen LogP contribution in [-0.4, -0.2) is 30.3 Å². The maximum atomic E-state index is 12.6. The number of thioether (sulfide) groups is 1. The monoisotopic (exact) mass is 465 g/mol. The van der Waals surface area contributed by atoms with E-state index in [0.29, 0.717) is 22.2 Å². The van der Waals surface area contributed by atoms with Crippen molar-refractivity contribution < 1.29 is 14.3 Å².